The van der Waals surface area contributed by atoms with E-state index in [9.17, 15) is 4.39 Å². The summed E-state index contributed by atoms with van der Waals surface area (Å²) in [6.45, 7) is 4.28. The Morgan fingerprint density at radius 2 is 1.90 bits per heavy atom. The lowest BCUT2D eigenvalue weighted by molar-refractivity contribution is 0.230. The van der Waals surface area contributed by atoms with Gasteiger partial charge in [0.2, 0.25) is 0 Å². The maximum absolute atomic E-state index is 13.2. The number of halogens is 1. The fourth-order valence-corrected chi connectivity index (χ4v) is 2.97. The van der Waals surface area contributed by atoms with Gasteiger partial charge in [0.05, 0.1) is 19.8 Å². The van der Waals surface area contributed by atoms with E-state index in [0.717, 1.165) is 11.1 Å². The molecule has 0 radical (unpaired) electrons. The Hall–Kier alpha value is -3.55. The van der Waals surface area contributed by atoms with Gasteiger partial charge in [-0.05, 0) is 49.7 Å². The van der Waals surface area contributed by atoms with E-state index in [1.165, 1.54) is 18.5 Å². The molecular formula is C21H20FN5O2. The zero-order valence-corrected chi connectivity index (χ0v) is 16.3. The number of aromatic nitrogens is 3. The zero-order chi connectivity index (χ0) is 20.4. The summed E-state index contributed by atoms with van der Waals surface area (Å²) in [5.41, 5.74) is 2.32. The van der Waals surface area contributed by atoms with Crippen molar-refractivity contribution in [3.63, 3.8) is 0 Å². The first-order valence-electron chi connectivity index (χ1n) is 9.18. The second-order valence-corrected chi connectivity index (χ2v) is 6.73. The number of fused-ring (bicyclic) bond motifs is 1. The van der Waals surface area contributed by atoms with Crippen molar-refractivity contribution in [3.05, 3.63) is 65.7 Å². The van der Waals surface area contributed by atoms with Gasteiger partial charge in [0, 0.05) is 5.56 Å². The molecule has 7 nitrogen and oxygen atoms in total. The van der Waals surface area contributed by atoms with E-state index in [1.807, 2.05) is 32.0 Å². The van der Waals surface area contributed by atoms with Crippen molar-refractivity contribution in [3.8, 4) is 11.5 Å². The van der Waals surface area contributed by atoms with Crippen LogP contribution >= 0.6 is 0 Å². The van der Waals surface area contributed by atoms with E-state index in [0.29, 0.717) is 35.5 Å². The van der Waals surface area contributed by atoms with E-state index >= 15 is 0 Å². The van der Waals surface area contributed by atoms with Crippen LogP contribution in [0.15, 0.2) is 58.8 Å². The number of hydrogen-bond donors (Lipinski definition) is 0. The number of rotatable bonds is 6. The number of ether oxygens (including phenoxy) is 2. The van der Waals surface area contributed by atoms with Crippen LogP contribution in [0.3, 0.4) is 0 Å². The van der Waals surface area contributed by atoms with E-state index < -0.39 is 0 Å². The fourth-order valence-electron chi connectivity index (χ4n) is 2.97. The SMILES string of the molecule is COc1cc(C2=Nc3ncnn3C2=NCc2ccc(F)cc2)ccc1OC(C)C. The molecule has 0 aliphatic carbocycles. The van der Waals surface area contributed by atoms with Crippen molar-refractivity contribution in [1.29, 1.82) is 0 Å². The normalized spacial score (nSPS) is 14.2. The molecule has 1 aliphatic heterocycles. The van der Waals surface area contributed by atoms with Crippen LogP contribution in [0, 0.1) is 5.82 Å². The molecule has 1 aromatic heterocycles. The molecule has 0 saturated carbocycles. The highest BCUT2D eigenvalue weighted by atomic mass is 19.1. The molecule has 148 valence electrons. The summed E-state index contributed by atoms with van der Waals surface area (Å²) < 4.78 is 26.0. The van der Waals surface area contributed by atoms with Gasteiger partial charge in [0.15, 0.2) is 17.3 Å². The Bertz CT molecular complexity index is 1090. The number of nitrogens with zero attached hydrogens (tertiary/aromatic N) is 5. The summed E-state index contributed by atoms with van der Waals surface area (Å²) in [5, 5.41) is 4.22. The first kappa shape index (κ1) is 18.8. The number of methoxy groups -OCH3 is 1. The van der Waals surface area contributed by atoms with Crippen LogP contribution < -0.4 is 9.47 Å². The Kier molecular flexibility index (Phi) is 5.07. The minimum absolute atomic E-state index is 0.0283. The summed E-state index contributed by atoms with van der Waals surface area (Å²) in [6, 6.07) is 11.8. The predicted octanol–water partition coefficient (Wildman–Crippen LogP) is 3.79. The molecule has 29 heavy (non-hydrogen) atoms. The lowest BCUT2D eigenvalue weighted by Crippen LogP contribution is -2.20. The maximum atomic E-state index is 13.2. The van der Waals surface area contributed by atoms with Gasteiger partial charge in [-0.1, -0.05) is 12.1 Å². The van der Waals surface area contributed by atoms with E-state index in [4.69, 9.17) is 9.47 Å². The third-order valence-corrected chi connectivity index (χ3v) is 4.28. The van der Waals surface area contributed by atoms with Gasteiger partial charge in [-0.25, -0.2) is 9.38 Å². The third-order valence-electron chi connectivity index (χ3n) is 4.28. The van der Waals surface area contributed by atoms with Crippen molar-refractivity contribution >= 4 is 17.5 Å². The highest BCUT2D eigenvalue weighted by molar-refractivity contribution is 6.50. The topological polar surface area (TPSA) is 73.9 Å². The molecule has 3 aromatic rings. The summed E-state index contributed by atoms with van der Waals surface area (Å²) >= 11 is 0. The molecule has 2 heterocycles. The number of benzene rings is 2. The van der Waals surface area contributed by atoms with Crippen molar-refractivity contribution in [2.75, 3.05) is 7.11 Å². The van der Waals surface area contributed by atoms with Crippen LogP contribution in [-0.2, 0) is 6.54 Å². The van der Waals surface area contributed by atoms with E-state index in [-0.39, 0.29) is 11.9 Å². The largest absolute Gasteiger partial charge is 0.493 e. The first-order chi connectivity index (χ1) is 14.0. The molecule has 1 aliphatic rings. The van der Waals surface area contributed by atoms with Crippen molar-refractivity contribution in [2.45, 2.75) is 26.5 Å². The van der Waals surface area contributed by atoms with Crippen LogP contribution in [0.1, 0.15) is 25.0 Å². The van der Waals surface area contributed by atoms with E-state index in [2.05, 4.69) is 20.1 Å². The Morgan fingerprint density at radius 1 is 1.10 bits per heavy atom. The molecule has 0 spiro atoms. The van der Waals surface area contributed by atoms with Gasteiger partial charge in [-0.3, -0.25) is 4.99 Å². The first-order valence-corrected chi connectivity index (χ1v) is 9.18. The lowest BCUT2D eigenvalue weighted by atomic mass is 10.1. The molecule has 2 aromatic carbocycles. The van der Waals surface area contributed by atoms with Crippen LogP contribution in [0.5, 0.6) is 11.5 Å². The number of aliphatic imine (C=N–C) groups is 2. The van der Waals surface area contributed by atoms with Gasteiger partial charge in [0.1, 0.15) is 17.9 Å². The van der Waals surface area contributed by atoms with Gasteiger partial charge in [0.25, 0.3) is 5.95 Å². The summed E-state index contributed by atoms with van der Waals surface area (Å²) in [4.78, 5) is 13.4. The molecule has 0 bridgehead atoms. The highest BCUT2D eigenvalue weighted by Gasteiger charge is 2.26. The smallest absolute Gasteiger partial charge is 0.254 e. The average Bonchev–Trinajstić information content (AvgIpc) is 3.29. The summed E-state index contributed by atoms with van der Waals surface area (Å²) in [6.07, 6.45) is 1.46. The molecule has 0 amide bonds. The lowest BCUT2D eigenvalue weighted by Gasteiger charge is -2.14. The van der Waals surface area contributed by atoms with Gasteiger partial charge in [-0.15, -0.1) is 0 Å². The Balaban J connectivity index is 1.69. The highest BCUT2D eigenvalue weighted by Crippen LogP contribution is 2.31. The molecule has 8 heteroatoms. The Morgan fingerprint density at radius 3 is 2.62 bits per heavy atom. The molecule has 0 saturated heterocycles. The quantitative estimate of drug-likeness (QED) is 0.639. The van der Waals surface area contributed by atoms with Gasteiger partial charge < -0.3 is 9.47 Å². The third kappa shape index (κ3) is 3.87. The van der Waals surface area contributed by atoms with Crippen LogP contribution in [-0.4, -0.2) is 39.5 Å². The molecule has 0 N–H and O–H groups in total. The van der Waals surface area contributed by atoms with Crippen molar-refractivity contribution < 1.29 is 13.9 Å². The minimum atomic E-state index is -0.279. The molecule has 0 atom stereocenters. The monoisotopic (exact) mass is 393 g/mol. The second kappa shape index (κ2) is 7.83. The van der Waals surface area contributed by atoms with Crippen LogP contribution in [0.2, 0.25) is 0 Å². The molecule has 0 fully saturated rings. The predicted molar refractivity (Wildman–Crippen MR) is 108 cm³/mol. The van der Waals surface area contributed by atoms with E-state index in [1.54, 1.807) is 23.9 Å². The van der Waals surface area contributed by atoms with Crippen LogP contribution in [0.4, 0.5) is 10.3 Å². The van der Waals surface area contributed by atoms with Gasteiger partial charge in [-0.2, -0.15) is 14.8 Å². The standard InChI is InChI=1S/C21H20FN5O2/c1-13(2)29-17-9-6-15(10-18(17)28-3)19-20(27-21(26-19)24-12-25-27)23-11-14-4-7-16(22)8-5-14/h4-10,12-13H,11H2,1-3H3. The maximum Gasteiger partial charge on any atom is 0.254 e. The number of hydrogen-bond acceptors (Lipinski definition) is 6. The van der Waals surface area contributed by atoms with Crippen LogP contribution in [0.25, 0.3) is 0 Å². The fraction of sp³-hybridized carbons (Fsp3) is 0.238. The second-order valence-electron chi connectivity index (χ2n) is 6.73. The summed E-state index contributed by atoms with van der Waals surface area (Å²) in [5.74, 6) is 2.01. The zero-order valence-electron chi connectivity index (χ0n) is 16.3. The minimum Gasteiger partial charge on any atom is -0.493 e. The van der Waals surface area contributed by atoms with Crippen molar-refractivity contribution in [2.24, 2.45) is 9.98 Å². The molecular weight excluding hydrogens is 373 g/mol. The summed E-state index contributed by atoms with van der Waals surface area (Å²) in [7, 11) is 1.60. The average molecular weight is 393 g/mol. The molecule has 0 unspecified atom stereocenters. The van der Waals surface area contributed by atoms with Crippen molar-refractivity contribution in [1.82, 2.24) is 14.8 Å². The Labute approximate surface area is 167 Å². The molecule has 4 rings (SSSR count). The van der Waals surface area contributed by atoms with Gasteiger partial charge >= 0.3 is 0 Å².